The molecule has 2 amide bonds. The first-order valence-corrected chi connectivity index (χ1v) is 6.91. The second kappa shape index (κ2) is 6.45. The molecule has 0 saturated heterocycles. The number of hydrogen-bond acceptors (Lipinski definition) is 3. The zero-order valence-electron chi connectivity index (χ0n) is 11.5. The highest BCUT2D eigenvalue weighted by molar-refractivity contribution is 9.10. The Hall–Kier alpha value is -2.28. The van der Waals surface area contributed by atoms with Gasteiger partial charge in [0.25, 0.3) is 11.8 Å². The number of carbonyl (C=O) groups excluding carboxylic acids is 2. The number of aromatic nitrogens is 1. The summed E-state index contributed by atoms with van der Waals surface area (Å²) in [6.07, 6.45) is 4.54. The van der Waals surface area contributed by atoms with E-state index < -0.39 is 11.8 Å². The predicted molar refractivity (Wildman–Crippen MR) is 81.2 cm³/mol. The third-order valence-corrected chi connectivity index (χ3v) is 3.10. The van der Waals surface area contributed by atoms with Gasteiger partial charge >= 0.3 is 0 Å². The van der Waals surface area contributed by atoms with Crippen LogP contribution < -0.4 is 10.9 Å². The fourth-order valence-corrected chi connectivity index (χ4v) is 2.20. The summed E-state index contributed by atoms with van der Waals surface area (Å²) in [6, 6.07) is 5.20. The van der Waals surface area contributed by atoms with Gasteiger partial charge in [0, 0.05) is 23.8 Å². The first kappa shape index (κ1) is 15.1. The minimum Gasteiger partial charge on any atom is -0.462 e. The number of furan rings is 1. The molecule has 0 aliphatic heterocycles. The molecule has 21 heavy (non-hydrogen) atoms. The summed E-state index contributed by atoms with van der Waals surface area (Å²) in [5.74, 6) is 0.474. The average molecular weight is 352 g/mol. The monoisotopic (exact) mass is 351 g/mol. The van der Waals surface area contributed by atoms with E-state index in [2.05, 4.69) is 26.8 Å². The van der Waals surface area contributed by atoms with Gasteiger partial charge < -0.3 is 8.98 Å². The fourth-order valence-electron chi connectivity index (χ4n) is 1.67. The molecule has 0 aromatic carbocycles. The molecule has 7 heteroatoms. The maximum absolute atomic E-state index is 11.9. The lowest BCUT2D eigenvalue weighted by atomic mass is 10.4. The van der Waals surface area contributed by atoms with Crippen LogP contribution in [0.2, 0.25) is 0 Å². The van der Waals surface area contributed by atoms with Crippen molar-refractivity contribution in [2.24, 2.45) is 7.05 Å². The Morgan fingerprint density at radius 3 is 2.67 bits per heavy atom. The van der Waals surface area contributed by atoms with Crippen LogP contribution in [-0.4, -0.2) is 16.4 Å². The molecule has 2 N–H and O–H groups in total. The lowest BCUT2D eigenvalue weighted by Gasteiger charge is -2.05. The standard InChI is InChI=1S/C14H14BrN3O3/c1-9-3-4-11(21-9)5-6-13(19)16-17-14(20)12-7-10(15)8-18(12)2/h3-8H,1-2H3,(H,16,19)(H,17,20)/b6-5+. The van der Waals surface area contributed by atoms with Gasteiger partial charge in [-0.3, -0.25) is 20.4 Å². The minimum atomic E-state index is -0.453. The van der Waals surface area contributed by atoms with Crippen LogP contribution in [0.5, 0.6) is 0 Å². The molecule has 2 heterocycles. The van der Waals surface area contributed by atoms with Crippen LogP contribution in [0, 0.1) is 6.92 Å². The number of aryl methyl sites for hydroxylation is 2. The Labute approximate surface area is 129 Å². The van der Waals surface area contributed by atoms with Crippen molar-refractivity contribution in [1.82, 2.24) is 15.4 Å². The lowest BCUT2D eigenvalue weighted by Crippen LogP contribution is -2.41. The Kier molecular flexibility index (Phi) is 4.64. The molecule has 2 rings (SSSR count). The van der Waals surface area contributed by atoms with Gasteiger partial charge in [0.1, 0.15) is 17.2 Å². The molecule has 0 atom stereocenters. The van der Waals surface area contributed by atoms with Crippen molar-refractivity contribution in [2.75, 3.05) is 0 Å². The molecule has 0 aliphatic carbocycles. The SMILES string of the molecule is Cc1ccc(/C=C/C(=O)NNC(=O)c2cc(Br)cn2C)o1. The number of halogens is 1. The second-order valence-corrected chi connectivity index (χ2v) is 5.30. The summed E-state index contributed by atoms with van der Waals surface area (Å²) in [4.78, 5) is 23.4. The van der Waals surface area contributed by atoms with E-state index in [0.29, 0.717) is 11.5 Å². The summed E-state index contributed by atoms with van der Waals surface area (Å²) in [6.45, 7) is 1.82. The summed E-state index contributed by atoms with van der Waals surface area (Å²) in [5, 5.41) is 0. The van der Waals surface area contributed by atoms with Crippen molar-refractivity contribution < 1.29 is 14.0 Å². The van der Waals surface area contributed by atoms with E-state index >= 15 is 0 Å². The Morgan fingerprint density at radius 2 is 2.10 bits per heavy atom. The van der Waals surface area contributed by atoms with Crippen LogP contribution in [0.3, 0.4) is 0 Å². The molecule has 0 fully saturated rings. The third-order valence-electron chi connectivity index (χ3n) is 2.66. The number of nitrogens with zero attached hydrogens (tertiary/aromatic N) is 1. The van der Waals surface area contributed by atoms with Gasteiger partial charge in [-0.05, 0) is 47.1 Å². The molecular formula is C14H14BrN3O3. The topological polar surface area (TPSA) is 76.3 Å². The summed E-state index contributed by atoms with van der Waals surface area (Å²) in [5.41, 5.74) is 5.06. The minimum absolute atomic E-state index is 0.404. The van der Waals surface area contributed by atoms with E-state index in [4.69, 9.17) is 4.42 Å². The first-order chi connectivity index (χ1) is 9.95. The third kappa shape index (κ3) is 4.09. The van der Waals surface area contributed by atoms with Crippen LogP contribution in [0.15, 0.2) is 39.4 Å². The Morgan fingerprint density at radius 1 is 1.33 bits per heavy atom. The number of hydrazine groups is 1. The van der Waals surface area contributed by atoms with Crippen LogP contribution in [0.4, 0.5) is 0 Å². The molecule has 2 aromatic heterocycles. The van der Waals surface area contributed by atoms with Gasteiger partial charge in [-0.1, -0.05) is 0 Å². The molecule has 6 nitrogen and oxygen atoms in total. The van der Waals surface area contributed by atoms with Crippen molar-refractivity contribution in [3.05, 3.63) is 52.2 Å². The Balaban J connectivity index is 1.88. The highest BCUT2D eigenvalue weighted by Crippen LogP contribution is 2.13. The summed E-state index contributed by atoms with van der Waals surface area (Å²) in [7, 11) is 1.74. The average Bonchev–Trinajstić information content (AvgIpc) is 2.99. The van der Waals surface area contributed by atoms with E-state index in [1.54, 1.807) is 36.0 Å². The highest BCUT2D eigenvalue weighted by atomic mass is 79.9. The number of nitrogens with one attached hydrogen (secondary N) is 2. The predicted octanol–water partition coefficient (Wildman–Crippen LogP) is 2.16. The van der Waals surface area contributed by atoms with Gasteiger partial charge in [-0.2, -0.15) is 0 Å². The normalized spacial score (nSPS) is 10.8. The summed E-state index contributed by atoms with van der Waals surface area (Å²) >= 11 is 3.27. The fraction of sp³-hybridized carbons (Fsp3) is 0.143. The zero-order chi connectivity index (χ0) is 15.4. The van der Waals surface area contributed by atoms with Crippen molar-refractivity contribution in [2.45, 2.75) is 6.92 Å². The van der Waals surface area contributed by atoms with E-state index in [9.17, 15) is 9.59 Å². The number of amides is 2. The number of carbonyl (C=O) groups is 2. The van der Waals surface area contributed by atoms with Crippen molar-refractivity contribution in [3.8, 4) is 0 Å². The molecular weight excluding hydrogens is 338 g/mol. The molecule has 0 aliphatic rings. The van der Waals surface area contributed by atoms with Crippen molar-refractivity contribution in [3.63, 3.8) is 0 Å². The van der Waals surface area contributed by atoms with Gasteiger partial charge in [0.15, 0.2) is 0 Å². The quantitative estimate of drug-likeness (QED) is 0.657. The number of hydrogen-bond donors (Lipinski definition) is 2. The van der Waals surface area contributed by atoms with Gasteiger partial charge in [0.05, 0.1) is 0 Å². The zero-order valence-corrected chi connectivity index (χ0v) is 13.1. The highest BCUT2D eigenvalue weighted by Gasteiger charge is 2.11. The van der Waals surface area contributed by atoms with E-state index in [0.717, 1.165) is 10.2 Å². The lowest BCUT2D eigenvalue weighted by molar-refractivity contribution is -0.117. The molecule has 0 bridgehead atoms. The first-order valence-electron chi connectivity index (χ1n) is 6.12. The van der Waals surface area contributed by atoms with Crippen LogP contribution in [0.25, 0.3) is 6.08 Å². The van der Waals surface area contributed by atoms with E-state index in [1.807, 2.05) is 6.92 Å². The number of rotatable bonds is 3. The molecule has 0 radical (unpaired) electrons. The smallest absolute Gasteiger partial charge is 0.286 e. The van der Waals surface area contributed by atoms with Crippen molar-refractivity contribution >= 4 is 33.8 Å². The molecule has 0 unspecified atom stereocenters. The van der Waals surface area contributed by atoms with Gasteiger partial charge in [0.2, 0.25) is 0 Å². The maximum atomic E-state index is 11.9. The molecule has 0 saturated carbocycles. The van der Waals surface area contributed by atoms with Crippen LogP contribution >= 0.6 is 15.9 Å². The maximum Gasteiger partial charge on any atom is 0.286 e. The molecule has 110 valence electrons. The van der Waals surface area contributed by atoms with Crippen molar-refractivity contribution in [1.29, 1.82) is 0 Å². The van der Waals surface area contributed by atoms with Gasteiger partial charge in [-0.25, -0.2) is 0 Å². The molecule has 2 aromatic rings. The molecule has 0 spiro atoms. The van der Waals surface area contributed by atoms with Crippen LogP contribution in [-0.2, 0) is 11.8 Å². The van der Waals surface area contributed by atoms with E-state index in [-0.39, 0.29) is 0 Å². The van der Waals surface area contributed by atoms with Crippen LogP contribution in [0.1, 0.15) is 22.0 Å². The largest absolute Gasteiger partial charge is 0.462 e. The Bertz CT molecular complexity index is 700. The second-order valence-electron chi connectivity index (χ2n) is 4.38. The van der Waals surface area contributed by atoms with Gasteiger partial charge in [-0.15, -0.1) is 0 Å². The van der Waals surface area contributed by atoms with E-state index in [1.165, 1.54) is 12.2 Å². The summed E-state index contributed by atoms with van der Waals surface area (Å²) < 4.78 is 7.72.